The molecule has 4 atom stereocenters. The second-order valence-corrected chi connectivity index (χ2v) is 4.52. The summed E-state index contributed by atoms with van der Waals surface area (Å²) >= 11 is 0. The molecule has 2 bridgehead atoms. The van der Waals surface area contributed by atoms with Crippen molar-refractivity contribution in [2.45, 2.75) is 19.8 Å². The summed E-state index contributed by atoms with van der Waals surface area (Å²) in [6.45, 7) is 1.99. The standard InChI is InChI=1S/C12H14O/c1-2-7-6-10-8-3-4-9(5-8)11(10)12(7)13/h2-4,8-11H,5-6H2,1H3/b7-2-. The number of fused-ring (bicyclic) bond motifs is 5. The molecule has 0 radical (unpaired) electrons. The Labute approximate surface area is 78.5 Å². The summed E-state index contributed by atoms with van der Waals surface area (Å²) in [6, 6.07) is 0. The van der Waals surface area contributed by atoms with Crippen LogP contribution < -0.4 is 0 Å². The molecule has 0 saturated heterocycles. The Bertz CT molecular complexity index is 324. The van der Waals surface area contributed by atoms with E-state index in [1.165, 1.54) is 6.42 Å². The van der Waals surface area contributed by atoms with Crippen molar-refractivity contribution in [1.82, 2.24) is 0 Å². The number of allylic oxidation sites excluding steroid dienone is 4. The van der Waals surface area contributed by atoms with Crippen molar-refractivity contribution in [1.29, 1.82) is 0 Å². The smallest absolute Gasteiger partial charge is 0.162 e. The number of Topliss-reactive ketones (excluding diaryl/α,β-unsaturated/α-hetero) is 1. The Morgan fingerprint density at radius 2 is 2.15 bits per heavy atom. The van der Waals surface area contributed by atoms with Gasteiger partial charge in [0, 0.05) is 5.92 Å². The van der Waals surface area contributed by atoms with Gasteiger partial charge in [-0.1, -0.05) is 18.2 Å². The van der Waals surface area contributed by atoms with Crippen LogP contribution in [0.5, 0.6) is 0 Å². The van der Waals surface area contributed by atoms with E-state index in [1.807, 2.05) is 13.0 Å². The van der Waals surface area contributed by atoms with Crippen LogP contribution in [-0.2, 0) is 4.79 Å². The first kappa shape index (κ1) is 7.54. The molecule has 2 saturated carbocycles. The highest BCUT2D eigenvalue weighted by molar-refractivity contribution is 6.00. The van der Waals surface area contributed by atoms with Crippen LogP contribution >= 0.6 is 0 Å². The summed E-state index contributed by atoms with van der Waals surface area (Å²) < 4.78 is 0. The molecule has 0 aliphatic heterocycles. The zero-order chi connectivity index (χ0) is 9.00. The number of carbonyl (C=O) groups is 1. The van der Waals surface area contributed by atoms with Crippen LogP contribution in [0.4, 0.5) is 0 Å². The molecule has 13 heavy (non-hydrogen) atoms. The predicted molar refractivity (Wildman–Crippen MR) is 51.1 cm³/mol. The maximum Gasteiger partial charge on any atom is 0.162 e. The van der Waals surface area contributed by atoms with E-state index in [1.54, 1.807) is 0 Å². The first-order valence-corrected chi connectivity index (χ1v) is 5.19. The molecule has 0 spiro atoms. The Morgan fingerprint density at radius 3 is 2.85 bits per heavy atom. The molecule has 3 rings (SSSR count). The molecule has 4 unspecified atom stereocenters. The Kier molecular flexibility index (Phi) is 1.36. The largest absolute Gasteiger partial charge is 0.294 e. The molecule has 2 fully saturated rings. The zero-order valence-electron chi connectivity index (χ0n) is 7.86. The first-order chi connectivity index (χ1) is 6.31. The monoisotopic (exact) mass is 174 g/mol. The molecule has 0 aromatic carbocycles. The van der Waals surface area contributed by atoms with Crippen LogP contribution in [0.3, 0.4) is 0 Å². The van der Waals surface area contributed by atoms with E-state index in [2.05, 4.69) is 12.2 Å². The first-order valence-electron chi connectivity index (χ1n) is 5.19. The zero-order valence-corrected chi connectivity index (χ0v) is 7.86. The normalized spacial score (nSPS) is 49.3. The van der Waals surface area contributed by atoms with Crippen LogP contribution in [0.2, 0.25) is 0 Å². The summed E-state index contributed by atoms with van der Waals surface area (Å²) in [7, 11) is 0. The van der Waals surface area contributed by atoms with Gasteiger partial charge >= 0.3 is 0 Å². The lowest BCUT2D eigenvalue weighted by atomic mass is 9.86. The van der Waals surface area contributed by atoms with Crippen LogP contribution in [0.1, 0.15) is 19.8 Å². The van der Waals surface area contributed by atoms with Gasteiger partial charge < -0.3 is 0 Å². The molecule has 0 N–H and O–H groups in total. The Morgan fingerprint density at radius 1 is 1.38 bits per heavy atom. The van der Waals surface area contributed by atoms with Gasteiger partial charge in [0.1, 0.15) is 0 Å². The molecule has 0 aromatic rings. The van der Waals surface area contributed by atoms with Gasteiger partial charge in [-0.05, 0) is 43.1 Å². The van der Waals surface area contributed by atoms with Gasteiger partial charge in [-0.25, -0.2) is 0 Å². The molecule has 0 aromatic heterocycles. The van der Waals surface area contributed by atoms with E-state index in [-0.39, 0.29) is 0 Å². The molecule has 3 aliphatic carbocycles. The third-order valence-corrected chi connectivity index (χ3v) is 4.05. The van der Waals surface area contributed by atoms with Gasteiger partial charge in [-0.15, -0.1) is 0 Å². The van der Waals surface area contributed by atoms with Crippen LogP contribution in [0.15, 0.2) is 23.8 Å². The molecular formula is C12H14O. The lowest BCUT2D eigenvalue weighted by Crippen LogP contribution is -2.19. The summed E-state index contributed by atoms with van der Waals surface area (Å²) in [4.78, 5) is 11.9. The minimum atomic E-state index is 0.362. The molecule has 1 heteroatoms. The van der Waals surface area contributed by atoms with Gasteiger partial charge in [0.05, 0.1) is 0 Å². The van der Waals surface area contributed by atoms with Crippen molar-refractivity contribution >= 4 is 5.78 Å². The number of ketones is 1. The maximum atomic E-state index is 11.9. The minimum Gasteiger partial charge on any atom is -0.294 e. The lowest BCUT2D eigenvalue weighted by Gasteiger charge is -2.17. The topological polar surface area (TPSA) is 17.1 Å². The summed E-state index contributed by atoms with van der Waals surface area (Å²) in [6.07, 6.45) is 8.91. The van der Waals surface area contributed by atoms with E-state index in [9.17, 15) is 4.79 Å². The van der Waals surface area contributed by atoms with Crippen molar-refractivity contribution in [2.75, 3.05) is 0 Å². The van der Waals surface area contributed by atoms with Crippen molar-refractivity contribution in [3.8, 4) is 0 Å². The summed E-state index contributed by atoms with van der Waals surface area (Å²) in [5.74, 6) is 2.77. The number of rotatable bonds is 0. The van der Waals surface area contributed by atoms with E-state index in [4.69, 9.17) is 0 Å². The minimum absolute atomic E-state index is 0.362. The second-order valence-electron chi connectivity index (χ2n) is 4.52. The predicted octanol–water partition coefficient (Wildman–Crippen LogP) is 2.34. The third-order valence-electron chi connectivity index (χ3n) is 4.05. The fraction of sp³-hybridized carbons (Fsp3) is 0.583. The third kappa shape index (κ3) is 0.800. The fourth-order valence-electron chi connectivity index (χ4n) is 3.42. The molecule has 68 valence electrons. The maximum absolute atomic E-state index is 11.9. The van der Waals surface area contributed by atoms with Gasteiger partial charge in [0.15, 0.2) is 5.78 Å². The van der Waals surface area contributed by atoms with Gasteiger partial charge in [0.2, 0.25) is 0 Å². The molecule has 0 heterocycles. The highest BCUT2D eigenvalue weighted by Gasteiger charge is 2.52. The quantitative estimate of drug-likeness (QED) is 0.407. The number of carbonyl (C=O) groups excluding carboxylic acids is 1. The summed E-state index contributed by atoms with van der Waals surface area (Å²) in [5.41, 5.74) is 1.09. The van der Waals surface area contributed by atoms with Crippen molar-refractivity contribution in [3.05, 3.63) is 23.8 Å². The molecular weight excluding hydrogens is 160 g/mol. The van der Waals surface area contributed by atoms with Crippen molar-refractivity contribution in [3.63, 3.8) is 0 Å². The highest BCUT2D eigenvalue weighted by Crippen LogP contribution is 2.55. The Hall–Kier alpha value is -0.850. The number of hydrogen-bond acceptors (Lipinski definition) is 1. The van der Waals surface area contributed by atoms with E-state index in [0.29, 0.717) is 23.5 Å². The molecule has 1 nitrogen and oxygen atoms in total. The lowest BCUT2D eigenvalue weighted by molar-refractivity contribution is -0.119. The van der Waals surface area contributed by atoms with Gasteiger partial charge in [-0.3, -0.25) is 4.79 Å². The highest BCUT2D eigenvalue weighted by atomic mass is 16.1. The van der Waals surface area contributed by atoms with E-state index < -0.39 is 0 Å². The van der Waals surface area contributed by atoms with E-state index >= 15 is 0 Å². The Balaban J connectivity index is 2.01. The van der Waals surface area contributed by atoms with Crippen LogP contribution in [0, 0.1) is 23.7 Å². The fourth-order valence-corrected chi connectivity index (χ4v) is 3.42. The molecule has 0 amide bonds. The summed E-state index contributed by atoms with van der Waals surface area (Å²) in [5, 5.41) is 0. The van der Waals surface area contributed by atoms with Crippen LogP contribution in [-0.4, -0.2) is 5.78 Å². The molecule has 3 aliphatic rings. The van der Waals surface area contributed by atoms with Crippen LogP contribution in [0.25, 0.3) is 0 Å². The second kappa shape index (κ2) is 2.34. The average molecular weight is 174 g/mol. The number of hydrogen-bond donors (Lipinski definition) is 0. The van der Waals surface area contributed by atoms with Crippen molar-refractivity contribution in [2.24, 2.45) is 23.7 Å². The SMILES string of the molecule is C/C=C1/CC2C3C=CC(C3)C2C1=O. The average Bonchev–Trinajstić information content (AvgIpc) is 2.76. The van der Waals surface area contributed by atoms with Crippen molar-refractivity contribution < 1.29 is 4.79 Å². The van der Waals surface area contributed by atoms with E-state index in [0.717, 1.165) is 17.9 Å². The van der Waals surface area contributed by atoms with Gasteiger partial charge in [0.25, 0.3) is 0 Å². The van der Waals surface area contributed by atoms with Gasteiger partial charge in [-0.2, -0.15) is 0 Å².